The second-order valence-electron chi connectivity index (χ2n) is 7.34. The van der Waals surface area contributed by atoms with Crippen molar-refractivity contribution in [3.63, 3.8) is 0 Å². The summed E-state index contributed by atoms with van der Waals surface area (Å²) in [7, 11) is 0. The minimum atomic E-state index is -0.758. The lowest BCUT2D eigenvalue weighted by Gasteiger charge is -2.39. The van der Waals surface area contributed by atoms with E-state index >= 15 is 0 Å². The number of thiazole rings is 1. The van der Waals surface area contributed by atoms with Gasteiger partial charge in [-0.25, -0.2) is 9.97 Å². The molecule has 0 unspecified atom stereocenters. The normalized spacial score (nSPS) is 22.3. The molecule has 10 heteroatoms. The Morgan fingerprint density at radius 3 is 2.90 bits per heavy atom. The summed E-state index contributed by atoms with van der Waals surface area (Å²) in [4.78, 5) is 48.9. The van der Waals surface area contributed by atoms with Gasteiger partial charge in [-0.1, -0.05) is 0 Å². The maximum atomic E-state index is 12.7. The number of fused-ring (bicyclic) bond motifs is 1. The summed E-state index contributed by atoms with van der Waals surface area (Å²) in [5, 5.41) is 9.59. The van der Waals surface area contributed by atoms with Crippen molar-refractivity contribution in [1.82, 2.24) is 20.2 Å². The van der Waals surface area contributed by atoms with Crippen molar-refractivity contribution in [2.45, 2.75) is 44.8 Å². The maximum absolute atomic E-state index is 12.7. The van der Waals surface area contributed by atoms with Crippen LogP contribution in [0.2, 0.25) is 0 Å². The first-order valence-corrected chi connectivity index (χ1v) is 10.3. The van der Waals surface area contributed by atoms with E-state index < -0.39 is 11.7 Å². The monoisotopic (exact) mass is 414 g/mol. The number of carbonyl (C=O) groups is 3. The molecule has 9 nitrogen and oxygen atoms in total. The Labute approximate surface area is 171 Å². The number of hydrogen-bond acceptors (Lipinski definition) is 7. The average Bonchev–Trinajstić information content (AvgIpc) is 3.04. The largest absolute Gasteiger partial charge is 0.347 e. The lowest BCUT2D eigenvalue weighted by molar-refractivity contribution is -0.137. The highest BCUT2D eigenvalue weighted by Gasteiger charge is 2.42. The van der Waals surface area contributed by atoms with Crippen LogP contribution in [0.15, 0.2) is 24.5 Å². The lowest BCUT2D eigenvalue weighted by Crippen LogP contribution is -2.58. The highest BCUT2D eigenvalue weighted by molar-refractivity contribution is 7.15. The van der Waals surface area contributed by atoms with Crippen LogP contribution in [0.4, 0.5) is 10.9 Å². The van der Waals surface area contributed by atoms with Crippen molar-refractivity contribution in [2.75, 3.05) is 17.2 Å². The predicted octanol–water partition coefficient (Wildman–Crippen LogP) is 1.74. The lowest BCUT2D eigenvalue weighted by atomic mass is 9.97. The molecule has 4 rings (SSSR count). The van der Waals surface area contributed by atoms with Crippen LogP contribution < -0.4 is 16.0 Å². The third-order valence-corrected chi connectivity index (χ3v) is 6.15. The Morgan fingerprint density at radius 1 is 1.31 bits per heavy atom. The molecule has 1 fully saturated rings. The van der Waals surface area contributed by atoms with Crippen LogP contribution in [0.1, 0.15) is 41.4 Å². The Kier molecular flexibility index (Phi) is 4.95. The number of nitrogens with one attached hydrogen (secondary N) is 3. The van der Waals surface area contributed by atoms with Crippen LogP contribution in [0.3, 0.4) is 0 Å². The summed E-state index contributed by atoms with van der Waals surface area (Å²) in [6.45, 7) is 3.95. The highest BCUT2D eigenvalue weighted by Crippen LogP contribution is 2.31. The molecule has 152 valence electrons. The van der Waals surface area contributed by atoms with E-state index in [-0.39, 0.29) is 24.1 Å². The fraction of sp³-hybridized carbons (Fsp3) is 0.421. The molecule has 0 aliphatic carbocycles. The number of likely N-dealkylation sites (tertiary alicyclic amines) is 1. The molecular formula is C19H22N6O3S. The summed E-state index contributed by atoms with van der Waals surface area (Å²) in [6.07, 6.45) is 4.41. The SMILES string of the molecule is Cc1cnc(NC(=O)[C@@H](C)N2CC[C@@]3(CCC2=O)NC(=O)c2cccnc2N3)s1. The van der Waals surface area contributed by atoms with E-state index in [4.69, 9.17) is 0 Å². The zero-order valence-corrected chi connectivity index (χ0v) is 17.0. The third-order valence-electron chi connectivity index (χ3n) is 5.33. The fourth-order valence-corrected chi connectivity index (χ4v) is 4.35. The van der Waals surface area contributed by atoms with Crippen molar-refractivity contribution in [3.8, 4) is 0 Å². The van der Waals surface area contributed by atoms with E-state index in [1.165, 1.54) is 11.3 Å². The smallest absolute Gasteiger partial charge is 0.256 e. The van der Waals surface area contributed by atoms with E-state index in [1.807, 2.05) is 6.92 Å². The van der Waals surface area contributed by atoms with Gasteiger partial charge in [-0.3, -0.25) is 14.4 Å². The van der Waals surface area contributed by atoms with Crippen LogP contribution >= 0.6 is 11.3 Å². The molecule has 0 saturated carbocycles. The first-order chi connectivity index (χ1) is 13.9. The van der Waals surface area contributed by atoms with Crippen molar-refractivity contribution < 1.29 is 14.4 Å². The summed E-state index contributed by atoms with van der Waals surface area (Å²) in [5.41, 5.74) is -0.275. The molecule has 2 aliphatic heterocycles. The van der Waals surface area contributed by atoms with Gasteiger partial charge in [0.25, 0.3) is 5.91 Å². The van der Waals surface area contributed by atoms with Crippen LogP contribution in [0.5, 0.6) is 0 Å². The Hall–Kier alpha value is -3.01. The minimum absolute atomic E-state index is 0.122. The van der Waals surface area contributed by atoms with Gasteiger partial charge >= 0.3 is 0 Å². The van der Waals surface area contributed by atoms with E-state index in [0.717, 1.165) is 4.88 Å². The van der Waals surface area contributed by atoms with Gasteiger partial charge in [0, 0.05) is 36.7 Å². The first-order valence-electron chi connectivity index (χ1n) is 9.45. The number of rotatable bonds is 3. The van der Waals surface area contributed by atoms with Crippen molar-refractivity contribution >= 4 is 40.0 Å². The highest BCUT2D eigenvalue weighted by atomic mass is 32.1. The zero-order chi connectivity index (χ0) is 20.6. The molecule has 2 aromatic heterocycles. The molecule has 1 saturated heterocycles. The number of hydrogen-bond donors (Lipinski definition) is 3. The molecule has 0 radical (unpaired) electrons. The van der Waals surface area contributed by atoms with Gasteiger partial charge < -0.3 is 20.9 Å². The van der Waals surface area contributed by atoms with Crippen molar-refractivity contribution in [2.24, 2.45) is 0 Å². The summed E-state index contributed by atoms with van der Waals surface area (Å²) >= 11 is 1.39. The van der Waals surface area contributed by atoms with Crippen LogP contribution in [0.25, 0.3) is 0 Å². The molecule has 2 atom stereocenters. The number of aryl methyl sites for hydroxylation is 1. The summed E-state index contributed by atoms with van der Waals surface area (Å²) in [5.74, 6) is -0.0984. The second kappa shape index (κ2) is 7.43. The molecule has 4 heterocycles. The molecule has 3 amide bonds. The quantitative estimate of drug-likeness (QED) is 0.704. The van der Waals surface area contributed by atoms with Crippen LogP contribution in [-0.2, 0) is 9.59 Å². The second-order valence-corrected chi connectivity index (χ2v) is 8.57. The number of carbonyl (C=O) groups excluding carboxylic acids is 3. The summed E-state index contributed by atoms with van der Waals surface area (Å²) < 4.78 is 0. The number of amides is 3. The number of nitrogens with zero attached hydrogens (tertiary/aromatic N) is 3. The molecular weight excluding hydrogens is 392 g/mol. The Balaban J connectivity index is 1.48. The third kappa shape index (κ3) is 3.80. The summed E-state index contributed by atoms with van der Waals surface area (Å²) in [6, 6.07) is 2.77. The van der Waals surface area contributed by atoms with Gasteiger partial charge in [-0.05, 0) is 32.4 Å². The van der Waals surface area contributed by atoms with Gasteiger partial charge in [0.05, 0.1) is 5.56 Å². The molecule has 0 aromatic carbocycles. The van der Waals surface area contributed by atoms with Crippen molar-refractivity contribution in [3.05, 3.63) is 35.0 Å². The van der Waals surface area contributed by atoms with Gasteiger partial charge in [-0.2, -0.15) is 0 Å². The standard InChI is InChI=1S/C19H22N6O3S/c1-11-10-21-18(29-11)22-16(27)12(2)25-9-7-19(6-5-14(25)26)23-15-13(17(28)24-19)4-3-8-20-15/h3-4,8,10,12H,5-7,9H2,1-2H3,(H,20,23)(H,24,28)(H,21,22,27)/t12-,19-/m1/s1. The molecule has 2 aromatic rings. The first kappa shape index (κ1) is 19.3. The van der Waals surface area contributed by atoms with Crippen LogP contribution in [0, 0.1) is 6.92 Å². The van der Waals surface area contributed by atoms with E-state index in [1.54, 1.807) is 36.4 Å². The van der Waals surface area contributed by atoms with Gasteiger partial charge in [-0.15, -0.1) is 11.3 Å². The molecule has 0 bridgehead atoms. The van der Waals surface area contributed by atoms with E-state index in [2.05, 4.69) is 25.9 Å². The number of anilines is 2. The van der Waals surface area contributed by atoms with Gasteiger partial charge in [0.2, 0.25) is 11.8 Å². The van der Waals surface area contributed by atoms with E-state index in [9.17, 15) is 14.4 Å². The number of pyridine rings is 1. The van der Waals surface area contributed by atoms with Gasteiger partial charge in [0.15, 0.2) is 5.13 Å². The maximum Gasteiger partial charge on any atom is 0.256 e. The van der Waals surface area contributed by atoms with Crippen LogP contribution in [-0.4, -0.2) is 50.8 Å². The minimum Gasteiger partial charge on any atom is -0.347 e. The molecule has 3 N–H and O–H groups in total. The Morgan fingerprint density at radius 2 is 2.14 bits per heavy atom. The fourth-order valence-electron chi connectivity index (χ4n) is 3.68. The van der Waals surface area contributed by atoms with Crippen molar-refractivity contribution in [1.29, 1.82) is 0 Å². The Bertz CT molecular complexity index is 976. The number of aromatic nitrogens is 2. The topological polar surface area (TPSA) is 116 Å². The zero-order valence-electron chi connectivity index (χ0n) is 16.2. The molecule has 2 aliphatic rings. The van der Waals surface area contributed by atoms with E-state index in [0.29, 0.717) is 35.9 Å². The molecule has 1 spiro atoms. The van der Waals surface area contributed by atoms with Gasteiger partial charge in [0.1, 0.15) is 17.5 Å². The molecule has 29 heavy (non-hydrogen) atoms. The average molecular weight is 414 g/mol. The predicted molar refractivity (Wildman–Crippen MR) is 109 cm³/mol.